The number of nitrogens with one attached hydrogen (secondary N) is 2. The van der Waals surface area contributed by atoms with Crippen LogP contribution in [0, 0.1) is 0 Å². The Morgan fingerprint density at radius 3 is 2.70 bits per heavy atom. The molecular formula is C28H28ClN3O4S. The number of amides is 2. The van der Waals surface area contributed by atoms with Crippen LogP contribution in [0.25, 0.3) is 10.9 Å². The van der Waals surface area contributed by atoms with Gasteiger partial charge in [-0.05, 0) is 65.4 Å². The number of hydrogen-bond acceptors (Lipinski definition) is 5. The van der Waals surface area contributed by atoms with E-state index in [4.69, 9.17) is 11.6 Å². The molecule has 4 aromatic rings. The Balaban J connectivity index is 1.17. The summed E-state index contributed by atoms with van der Waals surface area (Å²) >= 11 is 7.73. The first-order chi connectivity index (χ1) is 17.9. The number of carbonyl (C=O) groups excluding carboxylic acids is 2. The molecule has 3 heterocycles. The molecule has 0 radical (unpaired) electrons. The lowest BCUT2D eigenvalue weighted by molar-refractivity contribution is -0.153. The predicted molar refractivity (Wildman–Crippen MR) is 144 cm³/mol. The molecule has 2 amide bonds. The SMILES string of the molecule is O=C(NCc1cc(Cc2ccccc2Cl)cs1)[C@H](O)[C@@H](O)C(=O)N1CCCC1c1cc2ccccc2[nH]1. The van der Waals surface area contributed by atoms with E-state index in [0.29, 0.717) is 18.0 Å². The standard InChI is InChI=1S/C28H28ClN3O4S/c29-21-8-3-1-6-18(21)12-17-13-20(37-16-17)15-30-27(35)25(33)26(34)28(36)32-11-5-10-24(32)23-14-19-7-2-4-9-22(19)31-23/h1-4,6-9,13-14,16,24-26,31,33-34H,5,10-12,15H2,(H,30,35)/t24?,25-,26-/m1/s1. The minimum atomic E-state index is -1.86. The van der Waals surface area contributed by atoms with Crippen LogP contribution in [-0.2, 0) is 22.6 Å². The highest BCUT2D eigenvalue weighted by Gasteiger charge is 2.39. The van der Waals surface area contributed by atoms with E-state index in [0.717, 1.165) is 45.4 Å². The number of aromatic nitrogens is 1. The molecule has 5 rings (SSSR count). The molecule has 1 aliphatic rings. The van der Waals surface area contributed by atoms with Gasteiger partial charge in [0.25, 0.3) is 11.8 Å². The minimum absolute atomic E-state index is 0.186. The summed E-state index contributed by atoms with van der Waals surface area (Å²) < 4.78 is 0. The van der Waals surface area contributed by atoms with E-state index in [-0.39, 0.29) is 12.6 Å². The van der Waals surface area contributed by atoms with Gasteiger partial charge >= 0.3 is 0 Å². The molecule has 2 aromatic carbocycles. The number of carbonyl (C=O) groups is 2. The summed E-state index contributed by atoms with van der Waals surface area (Å²) in [6.07, 6.45) is -1.52. The van der Waals surface area contributed by atoms with Gasteiger partial charge in [-0.3, -0.25) is 9.59 Å². The smallest absolute Gasteiger partial charge is 0.255 e. The maximum atomic E-state index is 13.1. The summed E-state index contributed by atoms with van der Waals surface area (Å²) in [6.45, 7) is 0.638. The summed E-state index contributed by atoms with van der Waals surface area (Å²) in [7, 11) is 0. The van der Waals surface area contributed by atoms with Crippen LogP contribution >= 0.6 is 22.9 Å². The number of benzene rings is 2. The maximum absolute atomic E-state index is 13.1. The van der Waals surface area contributed by atoms with Crippen LogP contribution in [0.5, 0.6) is 0 Å². The number of aliphatic hydroxyl groups excluding tert-OH is 2. The molecule has 37 heavy (non-hydrogen) atoms. The van der Waals surface area contributed by atoms with Crippen molar-refractivity contribution < 1.29 is 19.8 Å². The zero-order chi connectivity index (χ0) is 25.9. The monoisotopic (exact) mass is 537 g/mol. The Morgan fingerprint density at radius 2 is 1.89 bits per heavy atom. The van der Waals surface area contributed by atoms with Crippen LogP contribution in [-0.4, -0.2) is 50.7 Å². The molecule has 0 aliphatic carbocycles. The van der Waals surface area contributed by atoms with E-state index < -0.39 is 24.0 Å². The number of para-hydroxylation sites is 1. The van der Waals surface area contributed by atoms with Crippen molar-refractivity contribution in [2.75, 3.05) is 6.54 Å². The van der Waals surface area contributed by atoms with Crippen molar-refractivity contribution in [2.45, 2.75) is 44.1 Å². The minimum Gasteiger partial charge on any atom is -0.380 e. The highest BCUT2D eigenvalue weighted by Crippen LogP contribution is 2.34. The molecule has 4 N–H and O–H groups in total. The lowest BCUT2D eigenvalue weighted by Crippen LogP contribution is -2.50. The molecular weight excluding hydrogens is 510 g/mol. The molecule has 1 aliphatic heterocycles. The lowest BCUT2D eigenvalue weighted by atomic mass is 10.1. The van der Waals surface area contributed by atoms with Gasteiger partial charge in [-0.1, -0.05) is 48.0 Å². The number of fused-ring (bicyclic) bond motifs is 1. The summed E-state index contributed by atoms with van der Waals surface area (Å²) in [6, 6.07) is 19.2. The second-order valence-electron chi connectivity index (χ2n) is 9.30. The van der Waals surface area contributed by atoms with Gasteiger partial charge in [0.2, 0.25) is 0 Å². The van der Waals surface area contributed by atoms with Crippen LogP contribution in [0.2, 0.25) is 5.02 Å². The summed E-state index contributed by atoms with van der Waals surface area (Å²) in [5.74, 6) is -1.44. The fourth-order valence-electron chi connectivity index (χ4n) is 4.83. The van der Waals surface area contributed by atoms with E-state index in [9.17, 15) is 19.8 Å². The Kier molecular flexibility index (Phi) is 7.62. The van der Waals surface area contributed by atoms with Crippen LogP contribution in [0.15, 0.2) is 66.0 Å². The normalized spacial score (nSPS) is 17.2. The number of thiophene rings is 1. The van der Waals surface area contributed by atoms with E-state index >= 15 is 0 Å². The van der Waals surface area contributed by atoms with Gasteiger partial charge < -0.3 is 25.4 Å². The van der Waals surface area contributed by atoms with E-state index in [1.54, 1.807) is 4.90 Å². The first-order valence-electron chi connectivity index (χ1n) is 12.2. The predicted octanol–water partition coefficient (Wildman–Crippen LogP) is 4.18. The molecule has 1 unspecified atom stereocenters. The zero-order valence-corrected chi connectivity index (χ0v) is 21.6. The molecule has 0 spiro atoms. The molecule has 9 heteroatoms. The topological polar surface area (TPSA) is 106 Å². The zero-order valence-electron chi connectivity index (χ0n) is 20.1. The van der Waals surface area contributed by atoms with Crippen molar-refractivity contribution >= 4 is 45.7 Å². The Labute approximate surface area is 223 Å². The average Bonchev–Trinajstić information content (AvgIpc) is 3.66. The number of aromatic amines is 1. The number of H-pyrrole nitrogens is 1. The van der Waals surface area contributed by atoms with Crippen molar-refractivity contribution in [1.82, 2.24) is 15.2 Å². The van der Waals surface area contributed by atoms with E-state index in [1.165, 1.54) is 11.3 Å². The number of halogens is 1. The highest BCUT2D eigenvalue weighted by atomic mass is 35.5. The fourth-order valence-corrected chi connectivity index (χ4v) is 5.86. The number of likely N-dealkylation sites (tertiary alicyclic amines) is 1. The van der Waals surface area contributed by atoms with Crippen LogP contribution in [0.3, 0.4) is 0 Å². The largest absolute Gasteiger partial charge is 0.380 e. The average molecular weight is 538 g/mol. The summed E-state index contributed by atoms with van der Waals surface area (Å²) in [5.41, 5.74) is 3.93. The molecule has 0 saturated carbocycles. The third-order valence-electron chi connectivity index (χ3n) is 6.76. The van der Waals surface area contributed by atoms with Crippen molar-refractivity contribution in [2.24, 2.45) is 0 Å². The summed E-state index contributed by atoms with van der Waals surface area (Å²) in [5, 5.41) is 27.4. The number of rotatable bonds is 8. The second-order valence-corrected chi connectivity index (χ2v) is 10.7. The van der Waals surface area contributed by atoms with Crippen molar-refractivity contribution in [3.05, 3.63) is 92.8 Å². The quantitative estimate of drug-likeness (QED) is 0.270. The molecule has 7 nitrogen and oxygen atoms in total. The Hall–Kier alpha value is -3.17. The fraction of sp³-hybridized carbons (Fsp3) is 0.286. The van der Waals surface area contributed by atoms with Gasteiger partial charge in [-0.2, -0.15) is 0 Å². The van der Waals surface area contributed by atoms with Gasteiger partial charge in [-0.15, -0.1) is 11.3 Å². The van der Waals surface area contributed by atoms with Gasteiger partial charge in [0.15, 0.2) is 12.2 Å². The maximum Gasteiger partial charge on any atom is 0.255 e. The second kappa shape index (κ2) is 11.1. The summed E-state index contributed by atoms with van der Waals surface area (Å²) in [4.78, 5) is 31.4. The molecule has 1 saturated heterocycles. The lowest BCUT2D eigenvalue weighted by Gasteiger charge is -2.28. The Bertz CT molecular complexity index is 1380. The van der Waals surface area contributed by atoms with Crippen LogP contribution in [0.1, 0.15) is 40.6 Å². The number of aliphatic hydroxyl groups is 2. The van der Waals surface area contributed by atoms with Crippen LogP contribution in [0.4, 0.5) is 0 Å². The first kappa shape index (κ1) is 25.5. The van der Waals surface area contributed by atoms with Gasteiger partial charge in [0, 0.05) is 27.7 Å². The molecule has 3 atom stereocenters. The van der Waals surface area contributed by atoms with Gasteiger partial charge in [0.1, 0.15) is 0 Å². The molecule has 1 fully saturated rings. The first-order valence-corrected chi connectivity index (χ1v) is 13.5. The molecule has 2 aromatic heterocycles. The molecule has 192 valence electrons. The van der Waals surface area contributed by atoms with Crippen molar-refractivity contribution in [1.29, 1.82) is 0 Å². The number of hydrogen-bond donors (Lipinski definition) is 4. The van der Waals surface area contributed by atoms with Crippen molar-refractivity contribution in [3.8, 4) is 0 Å². The van der Waals surface area contributed by atoms with E-state index in [2.05, 4.69) is 10.3 Å². The third kappa shape index (κ3) is 5.57. The van der Waals surface area contributed by atoms with Gasteiger partial charge in [-0.25, -0.2) is 0 Å². The van der Waals surface area contributed by atoms with Gasteiger partial charge in [0.05, 0.1) is 12.6 Å². The van der Waals surface area contributed by atoms with Crippen molar-refractivity contribution in [3.63, 3.8) is 0 Å². The highest BCUT2D eigenvalue weighted by molar-refractivity contribution is 7.10. The van der Waals surface area contributed by atoms with Crippen LogP contribution < -0.4 is 5.32 Å². The Morgan fingerprint density at radius 1 is 1.11 bits per heavy atom. The molecule has 0 bridgehead atoms. The third-order valence-corrected chi connectivity index (χ3v) is 8.12. The van der Waals surface area contributed by atoms with E-state index in [1.807, 2.05) is 66.0 Å². The number of nitrogens with zero attached hydrogens (tertiary/aromatic N) is 1.